The number of nitrogens with zero attached hydrogens (tertiary/aromatic N) is 5. The molecule has 8 nitrogen and oxygen atoms in total. The summed E-state index contributed by atoms with van der Waals surface area (Å²) in [6.45, 7) is 4.39. The van der Waals surface area contributed by atoms with Crippen LogP contribution >= 0.6 is 0 Å². The predicted molar refractivity (Wildman–Crippen MR) is 98.6 cm³/mol. The van der Waals surface area contributed by atoms with Crippen molar-refractivity contribution in [3.63, 3.8) is 0 Å². The third-order valence-electron chi connectivity index (χ3n) is 3.99. The Morgan fingerprint density at radius 3 is 2.77 bits per heavy atom. The lowest BCUT2D eigenvalue weighted by Gasteiger charge is -2.19. The Balaban J connectivity index is 0.000000948. The van der Waals surface area contributed by atoms with Crippen molar-refractivity contribution in [1.29, 1.82) is 0 Å². The van der Waals surface area contributed by atoms with Gasteiger partial charge in [0.1, 0.15) is 6.61 Å². The van der Waals surface area contributed by atoms with E-state index in [1.807, 2.05) is 49.9 Å². The largest absolute Gasteiger partial charge is 0.485 e. The number of methoxy groups -OCH3 is 1. The normalized spacial score (nSPS) is 14.7. The van der Waals surface area contributed by atoms with Gasteiger partial charge in [-0.25, -0.2) is 4.98 Å². The fraction of sp³-hybridized carbons (Fsp3) is 0.333. The third kappa shape index (κ3) is 2.94. The van der Waals surface area contributed by atoms with Crippen molar-refractivity contribution in [3.05, 3.63) is 42.4 Å². The van der Waals surface area contributed by atoms with Crippen LogP contribution in [0.5, 0.6) is 11.6 Å². The summed E-state index contributed by atoms with van der Waals surface area (Å²) in [5.74, 6) is 2.36. The molecule has 1 aliphatic heterocycles. The summed E-state index contributed by atoms with van der Waals surface area (Å²) in [5, 5.41) is 11.7. The average molecular weight is 354 g/mol. The number of rotatable bonds is 3. The Kier molecular flexibility index (Phi) is 5.31. The molecule has 3 aromatic heterocycles. The summed E-state index contributed by atoms with van der Waals surface area (Å²) in [4.78, 5) is 8.44. The number of fused-ring (bicyclic) bond motifs is 3. The first-order valence-electron chi connectivity index (χ1n) is 8.52. The lowest BCUT2D eigenvalue weighted by atomic mass is 10.1. The van der Waals surface area contributed by atoms with Gasteiger partial charge in [0.2, 0.25) is 5.95 Å². The Labute approximate surface area is 152 Å². The predicted octanol–water partition coefficient (Wildman–Crippen LogP) is 2.79. The minimum Gasteiger partial charge on any atom is -0.485 e. The van der Waals surface area contributed by atoms with Gasteiger partial charge >= 0.3 is 0 Å². The van der Waals surface area contributed by atoms with Gasteiger partial charge in [-0.1, -0.05) is 19.9 Å². The van der Waals surface area contributed by atoms with E-state index in [4.69, 9.17) is 9.47 Å². The molecule has 4 heterocycles. The first kappa shape index (κ1) is 17.7. The van der Waals surface area contributed by atoms with Gasteiger partial charge in [0.15, 0.2) is 11.6 Å². The van der Waals surface area contributed by atoms with Gasteiger partial charge in [-0.15, -0.1) is 10.2 Å². The van der Waals surface area contributed by atoms with Crippen molar-refractivity contribution in [2.24, 2.45) is 0 Å². The monoisotopic (exact) mass is 354 g/mol. The van der Waals surface area contributed by atoms with Crippen molar-refractivity contribution in [1.82, 2.24) is 24.7 Å². The molecule has 0 radical (unpaired) electrons. The highest BCUT2D eigenvalue weighted by molar-refractivity contribution is 5.69. The minimum absolute atomic E-state index is 0.122. The van der Waals surface area contributed by atoms with Crippen LogP contribution in [0.1, 0.15) is 25.5 Å². The van der Waals surface area contributed by atoms with Gasteiger partial charge in [-0.3, -0.25) is 9.55 Å². The van der Waals surface area contributed by atoms with Crippen molar-refractivity contribution in [3.8, 4) is 23.0 Å². The Hall–Kier alpha value is -3.16. The lowest BCUT2D eigenvalue weighted by molar-refractivity contribution is 0.262. The number of ether oxygens (including phenoxy) is 2. The Bertz CT molecular complexity index is 865. The molecule has 26 heavy (non-hydrogen) atoms. The van der Waals surface area contributed by atoms with E-state index in [9.17, 15) is 0 Å². The number of hydrogen-bond donors (Lipinski definition) is 1. The summed E-state index contributed by atoms with van der Waals surface area (Å²) < 4.78 is 13.4. The summed E-state index contributed by atoms with van der Waals surface area (Å²) >= 11 is 0. The second-order valence-electron chi connectivity index (χ2n) is 5.28. The molecule has 0 saturated heterocycles. The molecule has 0 fully saturated rings. The highest BCUT2D eigenvalue weighted by Gasteiger charge is 2.30. The average Bonchev–Trinajstić information content (AvgIpc) is 3.06. The van der Waals surface area contributed by atoms with E-state index in [2.05, 4.69) is 25.5 Å². The van der Waals surface area contributed by atoms with Crippen LogP contribution in [0.4, 0.5) is 5.95 Å². The number of aromatic nitrogens is 5. The van der Waals surface area contributed by atoms with E-state index in [0.29, 0.717) is 30.0 Å². The van der Waals surface area contributed by atoms with E-state index in [0.717, 1.165) is 11.1 Å². The van der Waals surface area contributed by atoms with Gasteiger partial charge < -0.3 is 14.8 Å². The van der Waals surface area contributed by atoms with Crippen LogP contribution in [0, 0.1) is 0 Å². The minimum atomic E-state index is -0.122. The number of pyridine rings is 2. The number of hydrogen-bond acceptors (Lipinski definition) is 7. The maximum absolute atomic E-state index is 6.05. The highest BCUT2D eigenvalue weighted by atomic mass is 16.5. The molecule has 136 valence electrons. The molecule has 0 bridgehead atoms. The van der Waals surface area contributed by atoms with Crippen molar-refractivity contribution < 1.29 is 9.47 Å². The summed E-state index contributed by atoms with van der Waals surface area (Å²) in [6.07, 6.45) is 5.24. The second-order valence-corrected chi connectivity index (χ2v) is 5.28. The van der Waals surface area contributed by atoms with Crippen LogP contribution < -0.4 is 14.8 Å². The molecule has 1 N–H and O–H groups in total. The van der Waals surface area contributed by atoms with E-state index in [1.165, 1.54) is 0 Å². The van der Waals surface area contributed by atoms with Gasteiger partial charge in [-0.05, 0) is 17.7 Å². The summed E-state index contributed by atoms with van der Waals surface area (Å²) in [5.41, 5.74) is 1.80. The van der Waals surface area contributed by atoms with Crippen LogP contribution in [0.15, 0.2) is 36.8 Å². The first-order chi connectivity index (χ1) is 12.8. The maximum atomic E-state index is 6.05. The quantitative estimate of drug-likeness (QED) is 0.774. The van der Waals surface area contributed by atoms with Gasteiger partial charge in [0, 0.05) is 25.6 Å². The highest BCUT2D eigenvalue weighted by Crippen LogP contribution is 2.41. The molecule has 0 amide bonds. The topological polar surface area (TPSA) is 87.0 Å². The molecule has 3 aromatic rings. The molecule has 0 aromatic carbocycles. The van der Waals surface area contributed by atoms with Gasteiger partial charge in [-0.2, -0.15) is 0 Å². The molecule has 8 heteroatoms. The van der Waals surface area contributed by atoms with E-state index in [1.54, 1.807) is 19.5 Å². The first-order valence-corrected chi connectivity index (χ1v) is 8.52. The van der Waals surface area contributed by atoms with Crippen molar-refractivity contribution in [2.75, 3.05) is 26.1 Å². The maximum Gasteiger partial charge on any atom is 0.257 e. The van der Waals surface area contributed by atoms with Crippen LogP contribution in [0.2, 0.25) is 0 Å². The molecule has 1 atom stereocenters. The molecule has 0 saturated carbocycles. The zero-order chi connectivity index (χ0) is 18.5. The molecule has 4 rings (SSSR count). The zero-order valence-electron chi connectivity index (χ0n) is 15.3. The Morgan fingerprint density at radius 2 is 2.08 bits per heavy atom. The van der Waals surface area contributed by atoms with Gasteiger partial charge in [0.05, 0.1) is 18.7 Å². The molecule has 1 aliphatic rings. The standard InChI is InChI=1S/C16H16N6O2.C2H6/c1-17-16-21-20-14-11-5-7-19-15(23-2)13(11)24-9-12(22(14)16)10-4-3-6-18-8-10;1-2/h3-8,12H,9H2,1-2H3,(H,17,21);1-2H3. The van der Waals surface area contributed by atoms with E-state index >= 15 is 0 Å². The second kappa shape index (κ2) is 7.81. The molecular weight excluding hydrogens is 332 g/mol. The SMILES string of the molecule is CC.CNc1nnc2n1C(c1cccnc1)COc1c-2ccnc1OC. The van der Waals surface area contributed by atoms with Gasteiger partial charge in [0.25, 0.3) is 5.88 Å². The summed E-state index contributed by atoms with van der Waals surface area (Å²) in [7, 11) is 3.39. The van der Waals surface area contributed by atoms with E-state index in [-0.39, 0.29) is 6.04 Å². The van der Waals surface area contributed by atoms with Crippen molar-refractivity contribution in [2.45, 2.75) is 19.9 Å². The lowest BCUT2D eigenvalue weighted by Crippen LogP contribution is -2.19. The number of nitrogens with one attached hydrogen (secondary N) is 1. The fourth-order valence-corrected chi connectivity index (χ4v) is 2.89. The fourth-order valence-electron chi connectivity index (χ4n) is 2.89. The van der Waals surface area contributed by atoms with E-state index < -0.39 is 0 Å². The smallest absolute Gasteiger partial charge is 0.257 e. The molecule has 0 aliphatic carbocycles. The van der Waals surface area contributed by atoms with Crippen molar-refractivity contribution >= 4 is 5.95 Å². The Morgan fingerprint density at radius 1 is 1.23 bits per heavy atom. The number of anilines is 1. The third-order valence-corrected chi connectivity index (χ3v) is 3.99. The zero-order valence-corrected chi connectivity index (χ0v) is 15.3. The summed E-state index contributed by atoms with van der Waals surface area (Å²) in [6, 6.07) is 5.64. The van der Waals surface area contributed by atoms with Crippen LogP contribution in [-0.2, 0) is 0 Å². The molecular formula is C18H22N6O2. The van der Waals surface area contributed by atoms with Crippen LogP contribution in [-0.4, -0.2) is 45.5 Å². The van der Waals surface area contributed by atoms with Crippen LogP contribution in [0.3, 0.4) is 0 Å². The van der Waals surface area contributed by atoms with Crippen LogP contribution in [0.25, 0.3) is 11.4 Å². The molecule has 0 spiro atoms. The molecule has 1 unspecified atom stereocenters.